The van der Waals surface area contributed by atoms with Gasteiger partial charge in [0.25, 0.3) is 0 Å². The second-order valence-corrected chi connectivity index (χ2v) is 6.22. The monoisotopic (exact) mass is 257 g/mol. The first-order valence-corrected chi connectivity index (χ1v) is 7.65. The molecule has 102 valence electrons. The van der Waals surface area contributed by atoms with E-state index < -0.39 is 0 Å². The third kappa shape index (κ3) is 2.54. The Morgan fingerprint density at radius 1 is 0.947 bits per heavy atom. The number of nitrogens with one attached hydrogen (secondary N) is 1. The van der Waals surface area contributed by atoms with Crippen molar-refractivity contribution in [3.63, 3.8) is 0 Å². The standard InChI is InChI=1S/C17H23NO/c19-15-13-17(11-7-2-1-3-8-12-17)16(18-15)14-9-5-4-6-10-14/h4-6,9-10,16H,1-3,7-8,11-13H2,(H,18,19). The summed E-state index contributed by atoms with van der Waals surface area (Å²) in [6, 6.07) is 10.8. The fraction of sp³-hybridized carbons (Fsp3) is 0.588. The van der Waals surface area contributed by atoms with Crippen LogP contribution in [0.2, 0.25) is 0 Å². The molecule has 19 heavy (non-hydrogen) atoms. The van der Waals surface area contributed by atoms with E-state index in [-0.39, 0.29) is 17.4 Å². The molecule has 0 radical (unpaired) electrons. The topological polar surface area (TPSA) is 29.1 Å². The lowest BCUT2D eigenvalue weighted by molar-refractivity contribution is -0.119. The molecule has 2 aliphatic rings. The molecule has 1 aromatic carbocycles. The Morgan fingerprint density at radius 2 is 1.58 bits per heavy atom. The number of carbonyl (C=O) groups is 1. The highest BCUT2D eigenvalue weighted by Gasteiger charge is 2.46. The second kappa shape index (κ2) is 5.36. The van der Waals surface area contributed by atoms with Crippen LogP contribution >= 0.6 is 0 Å². The van der Waals surface area contributed by atoms with Crippen LogP contribution in [0.15, 0.2) is 30.3 Å². The molecule has 1 aromatic rings. The summed E-state index contributed by atoms with van der Waals surface area (Å²) >= 11 is 0. The highest BCUT2D eigenvalue weighted by atomic mass is 16.2. The normalized spacial score (nSPS) is 26.7. The van der Waals surface area contributed by atoms with Crippen LogP contribution in [0.5, 0.6) is 0 Å². The molecular weight excluding hydrogens is 234 g/mol. The fourth-order valence-electron chi connectivity index (χ4n) is 3.94. The van der Waals surface area contributed by atoms with E-state index >= 15 is 0 Å². The number of rotatable bonds is 1. The van der Waals surface area contributed by atoms with Crippen LogP contribution in [0.25, 0.3) is 0 Å². The van der Waals surface area contributed by atoms with Crippen LogP contribution in [0.4, 0.5) is 0 Å². The molecule has 1 N–H and O–H groups in total. The molecule has 1 aliphatic heterocycles. The highest BCUT2D eigenvalue weighted by Crippen LogP contribution is 2.50. The smallest absolute Gasteiger partial charge is 0.221 e. The zero-order chi connectivity index (χ0) is 13.1. The molecule has 1 saturated heterocycles. The van der Waals surface area contributed by atoms with Crippen molar-refractivity contribution < 1.29 is 4.79 Å². The SMILES string of the molecule is O=C1CC2(CCCCCCC2)C(c2ccccc2)N1. The Morgan fingerprint density at radius 3 is 2.26 bits per heavy atom. The summed E-state index contributed by atoms with van der Waals surface area (Å²) < 4.78 is 0. The summed E-state index contributed by atoms with van der Waals surface area (Å²) in [4.78, 5) is 12.0. The van der Waals surface area contributed by atoms with Crippen LogP contribution in [-0.4, -0.2) is 5.91 Å². The van der Waals surface area contributed by atoms with Gasteiger partial charge in [-0.25, -0.2) is 0 Å². The molecule has 0 aromatic heterocycles. The predicted octanol–water partition coefficient (Wildman–Crippen LogP) is 3.98. The lowest BCUT2D eigenvalue weighted by atomic mass is 9.69. The first-order chi connectivity index (χ1) is 9.30. The first kappa shape index (κ1) is 12.7. The van der Waals surface area contributed by atoms with E-state index in [4.69, 9.17) is 0 Å². The van der Waals surface area contributed by atoms with E-state index in [1.54, 1.807) is 0 Å². The van der Waals surface area contributed by atoms with Gasteiger partial charge in [0, 0.05) is 11.8 Å². The largest absolute Gasteiger partial charge is 0.349 e. The predicted molar refractivity (Wildman–Crippen MR) is 76.7 cm³/mol. The Bertz CT molecular complexity index is 432. The van der Waals surface area contributed by atoms with Gasteiger partial charge in [-0.2, -0.15) is 0 Å². The minimum atomic E-state index is 0.179. The van der Waals surface area contributed by atoms with E-state index in [1.807, 2.05) is 6.07 Å². The van der Waals surface area contributed by atoms with Crippen molar-refractivity contribution in [2.24, 2.45) is 5.41 Å². The minimum Gasteiger partial charge on any atom is -0.349 e. The zero-order valence-electron chi connectivity index (χ0n) is 11.5. The summed E-state index contributed by atoms with van der Waals surface area (Å²) in [7, 11) is 0. The summed E-state index contributed by atoms with van der Waals surface area (Å²) in [5.74, 6) is 0.245. The summed E-state index contributed by atoms with van der Waals surface area (Å²) in [5.41, 5.74) is 1.47. The van der Waals surface area contributed by atoms with Crippen molar-refractivity contribution in [3.05, 3.63) is 35.9 Å². The number of carbonyl (C=O) groups excluding carboxylic acids is 1. The maximum absolute atomic E-state index is 12.0. The lowest BCUT2D eigenvalue weighted by Crippen LogP contribution is -2.30. The quantitative estimate of drug-likeness (QED) is 0.810. The number of hydrogen-bond acceptors (Lipinski definition) is 1. The third-order valence-electron chi connectivity index (χ3n) is 4.91. The van der Waals surface area contributed by atoms with Crippen LogP contribution in [0.3, 0.4) is 0 Å². The van der Waals surface area contributed by atoms with Crippen LogP contribution < -0.4 is 5.32 Å². The average Bonchev–Trinajstić information content (AvgIpc) is 2.73. The molecule has 2 fully saturated rings. The van der Waals surface area contributed by atoms with Crippen LogP contribution in [0, 0.1) is 5.41 Å². The van der Waals surface area contributed by atoms with Crippen molar-refractivity contribution in [1.29, 1.82) is 0 Å². The lowest BCUT2D eigenvalue weighted by Gasteiger charge is -2.36. The second-order valence-electron chi connectivity index (χ2n) is 6.22. The first-order valence-electron chi connectivity index (χ1n) is 7.65. The Balaban J connectivity index is 1.90. The molecule has 2 nitrogen and oxygen atoms in total. The van der Waals surface area contributed by atoms with Crippen molar-refractivity contribution in [2.75, 3.05) is 0 Å². The summed E-state index contributed by atoms with van der Waals surface area (Å²) in [6.45, 7) is 0. The maximum Gasteiger partial charge on any atom is 0.221 e. The van der Waals surface area contributed by atoms with Crippen molar-refractivity contribution >= 4 is 5.91 Å². The molecule has 3 rings (SSSR count). The molecule has 0 bridgehead atoms. The van der Waals surface area contributed by atoms with Gasteiger partial charge in [-0.05, 0) is 18.4 Å². The van der Waals surface area contributed by atoms with E-state index in [0.717, 1.165) is 6.42 Å². The molecular formula is C17H23NO. The number of benzene rings is 1. The van der Waals surface area contributed by atoms with Gasteiger partial charge in [0.2, 0.25) is 5.91 Å². The molecule has 1 saturated carbocycles. The van der Waals surface area contributed by atoms with Gasteiger partial charge in [-0.15, -0.1) is 0 Å². The Hall–Kier alpha value is -1.31. The van der Waals surface area contributed by atoms with Gasteiger partial charge in [0.15, 0.2) is 0 Å². The van der Waals surface area contributed by atoms with E-state index in [9.17, 15) is 4.79 Å². The molecule has 1 heterocycles. The van der Waals surface area contributed by atoms with Gasteiger partial charge in [0.05, 0.1) is 6.04 Å². The molecule has 1 aliphatic carbocycles. The molecule has 1 atom stereocenters. The van der Waals surface area contributed by atoms with Gasteiger partial charge in [-0.3, -0.25) is 4.79 Å². The number of hydrogen-bond donors (Lipinski definition) is 1. The van der Waals surface area contributed by atoms with Gasteiger partial charge in [0.1, 0.15) is 0 Å². The van der Waals surface area contributed by atoms with Crippen molar-refractivity contribution in [1.82, 2.24) is 5.32 Å². The molecule has 1 spiro atoms. The number of amides is 1. The van der Waals surface area contributed by atoms with Crippen molar-refractivity contribution in [3.8, 4) is 0 Å². The van der Waals surface area contributed by atoms with Gasteiger partial charge < -0.3 is 5.32 Å². The Kier molecular flexibility index (Phi) is 3.58. The highest BCUT2D eigenvalue weighted by molar-refractivity contribution is 5.80. The molecule has 1 amide bonds. The Labute approximate surface area is 115 Å². The third-order valence-corrected chi connectivity index (χ3v) is 4.91. The maximum atomic E-state index is 12.0. The minimum absolute atomic E-state index is 0.179. The van der Waals surface area contributed by atoms with E-state index in [0.29, 0.717) is 0 Å². The van der Waals surface area contributed by atoms with E-state index in [2.05, 4.69) is 29.6 Å². The van der Waals surface area contributed by atoms with Crippen molar-refractivity contribution in [2.45, 2.75) is 57.4 Å². The average molecular weight is 257 g/mol. The van der Waals surface area contributed by atoms with Gasteiger partial charge in [-0.1, -0.05) is 62.4 Å². The van der Waals surface area contributed by atoms with Crippen LogP contribution in [0.1, 0.15) is 63.0 Å². The molecule has 2 heteroatoms. The van der Waals surface area contributed by atoms with E-state index in [1.165, 1.54) is 50.5 Å². The summed E-state index contributed by atoms with van der Waals surface area (Å²) in [5, 5.41) is 3.24. The fourth-order valence-corrected chi connectivity index (χ4v) is 3.94. The molecule has 1 unspecified atom stereocenters. The zero-order valence-corrected chi connectivity index (χ0v) is 11.5. The summed E-state index contributed by atoms with van der Waals surface area (Å²) in [6.07, 6.45) is 9.71. The van der Waals surface area contributed by atoms with Gasteiger partial charge >= 0.3 is 0 Å². The van der Waals surface area contributed by atoms with Crippen LogP contribution in [-0.2, 0) is 4.79 Å².